The SMILES string of the molecule is O=C(O)CCN1CCCC(OC2CCCC2)C1. The van der Waals surface area contributed by atoms with Crippen molar-refractivity contribution in [3.63, 3.8) is 0 Å². The zero-order chi connectivity index (χ0) is 12.1. The molecule has 2 fully saturated rings. The van der Waals surface area contributed by atoms with E-state index in [-0.39, 0.29) is 6.42 Å². The van der Waals surface area contributed by atoms with Crippen LogP contribution < -0.4 is 0 Å². The number of carboxylic acids is 1. The Morgan fingerprint density at radius 2 is 1.88 bits per heavy atom. The minimum Gasteiger partial charge on any atom is -0.481 e. The lowest BCUT2D eigenvalue weighted by molar-refractivity contribution is -0.137. The van der Waals surface area contributed by atoms with Gasteiger partial charge in [-0.15, -0.1) is 0 Å². The van der Waals surface area contributed by atoms with E-state index in [1.165, 1.54) is 25.7 Å². The quantitative estimate of drug-likeness (QED) is 0.798. The Labute approximate surface area is 103 Å². The van der Waals surface area contributed by atoms with Crippen LogP contribution in [-0.2, 0) is 9.53 Å². The number of carboxylic acid groups (broad SMARTS) is 1. The summed E-state index contributed by atoms with van der Waals surface area (Å²) in [6.07, 6.45) is 8.37. The van der Waals surface area contributed by atoms with Gasteiger partial charge in [-0.3, -0.25) is 4.79 Å². The Hall–Kier alpha value is -0.610. The molecule has 98 valence electrons. The highest BCUT2D eigenvalue weighted by Gasteiger charge is 2.25. The molecule has 0 bridgehead atoms. The van der Waals surface area contributed by atoms with Gasteiger partial charge >= 0.3 is 5.97 Å². The van der Waals surface area contributed by atoms with Crippen molar-refractivity contribution in [1.82, 2.24) is 4.90 Å². The molecule has 1 N–H and O–H groups in total. The van der Waals surface area contributed by atoms with Gasteiger partial charge in [0.15, 0.2) is 0 Å². The van der Waals surface area contributed by atoms with Crippen molar-refractivity contribution in [1.29, 1.82) is 0 Å². The summed E-state index contributed by atoms with van der Waals surface area (Å²) in [5, 5.41) is 8.68. The van der Waals surface area contributed by atoms with E-state index in [1.807, 2.05) is 0 Å². The van der Waals surface area contributed by atoms with Crippen LogP contribution in [0.25, 0.3) is 0 Å². The lowest BCUT2D eigenvalue weighted by atomic mass is 10.1. The molecule has 1 atom stereocenters. The standard InChI is InChI=1S/C13H23NO3/c15-13(16)7-9-14-8-3-6-12(10-14)17-11-4-1-2-5-11/h11-12H,1-10H2,(H,15,16). The Balaban J connectivity index is 1.70. The van der Waals surface area contributed by atoms with Crippen molar-refractivity contribution in [3.8, 4) is 0 Å². The summed E-state index contributed by atoms with van der Waals surface area (Å²) < 4.78 is 6.10. The molecule has 2 aliphatic rings. The lowest BCUT2D eigenvalue weighted by Crippen LogP contribution is -2.41. The molecule has 0 spiro atoms. The summed E-state index contributed by atoms with van der Waals surface area (Å²) in [7, 11) is 0. The van der Waals surface area contributed by atoms with E-state index < -0.39 is 5.97 Å². The first-order valence-corrected chi connectivity index (χ1v) is 6.83. The van der Waals surface area contributed by atoms with Crippen LogP contribution in [0.1, 0.15) is 44.9 Å². The van der Waals surface area contributed by atoms with Gasteiger partial charge in [0.1, 0.15) is 0 Å². The minimum atomic E-state index is -0.705. The number of rotatable bonds is 5. The van der Waals surface area contributed by atoms with E-state index in [2.05, 4.69) is 4.90 Å². The van der Waals surface area contributed by atoms with Crippen molar-refractivity contribution in [2.75, 3.05) is 19.6 Å². The number of carbonyl (C=O) groups is 1. The fourth-order valence-electron chi connectivity index (χ4n) is 2.88. The van der Waals surface area contributed by atoms with E-state index in [0.29, 0.717) is 18.8 Å². The number of aliphatic carboxylic acids is 1. The number of hydrogen-bond acceptors (Lipinski definition) is 3. The highest BCUT2D eigenvalue weighted by Crippen LogP contribution is 2.25. The van der Waals surface area contributed by atoms with Gasteiger partial charge in [-0.25, -0.2) is 0 Å². The minimum absolute atomic E-state index is 0.246. The summed E-state index contributed by atoms with van der Waals surface area (Å²) >= 11 is 0. The third-order valence-corrected chi connectivity index (χ3v) is 3.79. The molecule has 0 amide bonds. The number of piperidine rings is 1. The van der Waals surface area contributed by atoms with Crippen molar-refractivity contribution in [2.24, 2.45) is 0 Å². The second kappa shape index (κ2) is 6.36. The Morgan fingerprint density at radius 1 is 1.18 bits per heavy atom. The average Bonchev–Trinajstić information content (AvgIpc) is 2.80. The second-order valence-corrected chi connectivity index (χ2v) is 5.25. The molecule has 1 aliphatic carbocycles. The van der Waals surface area contributed by atoms with E-state index >= 15 is 0 Å². The van der Waals surface area contributed by atoms with Crippen LogP contribution >= 0.6 is 0 Å². The first-order valence-electron chi connectivity index (χ1n) is 6.83. The fraction of sp³-hybridized carbons (Fsp3) is 0.923. The number of hydrogen-bond donors (Lipinski definition) is 1. The van der Waals surface area contributed by atoms with Crippen LogP contribution in [0.3, 0.4) is 0 Å². The van der Waals surface area contributed by atoms with Crippen LogP contribution in [0.15, 0.2) is 0 Å². The van der Waals surface area contributed by atoms with Gasteiger partial charge in [0.25, 0.3) is 0 Å². The average molecular weight is 241 g/mol. The van der Waals surface area contributed by atoms with Gasteiger partial charge in [0.2, 0.25) is 0 Å². The summed E-state index contributed by atoms with van der Waals surface area (Å²) in [6, 6.07) is 0. The molecule has 0 aromatic heterocycles. The van der Waals surface area contributed by atoms with Crippen LogP contribution in [0.4, 0.5) is 0 Å². The highest BCUT2D eigenvalue weighted by atomic mass is 16.5. The maximum atomic E-state index is 10.5. The molecule has 2 rings (SSSR count). The zero-order valence-electron chi connectivity index (χ0n) is 10.4. The van der Waals surface area contributed by atoms with Gasteiger partial charge in [-0.1, -0.05) is 12.8 Å². The summed E-state index contributed by atoms with van der Waals surface area (Å²) in [5.41, 5.74) is 0. The van der Waals surface area contributed by atoms with Crippen LogP contribution in [0.2, 0.25) is 0 Å². The molecule has 1 saturated heterocycles. The van der Waals surface area contributed by atoms with E-state index in [9.17, 15) is 4.79 Å². The smallest absolute Gasteiger partial charge is 0.304 e. The molecule has 1 aliphatic heterocycles. The number of likely N-dealkylation sites (tertiary alicyclic amines) is 1. The van der Waals surface area contributed by atoms with Crippen molar-refractivity contribution < 1.29 is 14.6 Å². The second-order valence-electron chi connectivity index (χ2n) is 5.25. The summed E-state index contributed by atoms with van der Waals surface area (Å²) in [5.74, 6) is -0.705. The predicted octanol–water partition coefficient (Wildman–Crippen LogP) is 1.88. The van der Waals surface area contributed by atoms with Crippen LogP contribution in [0, 0.1) is 0 Å². The Morgan fingerprint density at radius 3 is 2.59 bits per heavy atom. The highest BCUT2D eigenvalue weighted by molar-refractivity contribution is 5.66. The first kappa shape index (κ1) is 12.8. The molecular weight excluding hydrogens is 218 g/mol. The maximum absolute atomic E-state index is 10.5. The normalized spacial score (nSPS) is 27.4. The molecule has 0 aromatic rings. The lowest BCUT2D eigenvalue weighted by Gasteiger charge is -2.33. The number of ether oxygens (including phenoxy) is 1. The van der Waals surface area contributed by atoms with E-state index in [1.54, 1.807) is 0 Å². The molecule has 0 aromatic carbocycles. The predicted molar refractivity (Wildman–Crippen MR) is 65.1 cm³/mol. The van der Waals surface area contributed by atoms with Gasteiger partial charge < -0.3 is 14.7 Å². The van der Waals surface area contributed by atoms with Crippen molar-refractivity contribution in [2.45, 2.75) is 57.2 Å². The van der Waals surface area contributed by atoms with Crippen molar-refractivity contribution >= 4 is 5.97 Å². The molecule has 1 unspecified atom stereocenters. The van der Waals surface area contributed by atoms with Crippen LogP contribution in [-0.4, -0.2) is 47.8 Å². The van der Waals surface area contributed by atoms with Gasteiger partial charge in [0.05, 0.1) is 18.6 Å². The summed E-state index contributed by atoms with van der Waals surface area (Å²) in [6.45, 7) is 2.61. The first-order chi connectivity index (χ1) is 8.24. The molecule has 17 heavy (non-hydrogen) atoms. The third kappa shape index (κ3) is 4.28. The van der Waals surface area contributed by atoms with Gasteiger partial charge in [-0.2, -0.15) is 0 Å². The fourth-order valence-corrected chi connectivity index (χ4v) is 2.88. The van der Waals surface area contributed by atoms with Crippen LogP contribution in [0.5, 0.6) is 0 Å². The summed E-state index contributed by atoms with van der Waals surface area (Å²) in [4.78, 5) is 12.8. The molecule has 0 radical (unpaired) electrons. The van der Waals surface area contributed by atoms with Gasteiger partial charge in [-0.05, 0) is 32.2 Å². The Kier molecular flexibility index (Phi) is 4.80. The topological polar surface area (TPSA) is 49.8 Å². The molecule has 4 heteroatoms. The Bertz CT molecular complexity index is 251. The molecule has 4 nitrogen and oxygen atoms in total. The van der Waals surface area contributed by atoms with E-state index in [4.69, 9.17) is 9.84 Å². The van der Waals surface area contributed by atoms with Gasteiger partial charge in [0, 0.05) is 13.1 Å². The van der Waals surface area contributed by atoms with E-state index in [0.717, 1.165) is 25.9 Å². The molecular formula is C13H23NO3. The molecule has 1 saturated carbocycles. The molecule has 1 heterocycles. The zero-order valence-corrected chi connectivity index (χ0v) is 10.4. The largest absolute Gasteiger partial charge is 0.481 e. The van der Waals surface area contributed by atoms with Crippen molar-refractivity contribution in [3.05, 3.63) is 0 Å². The monoisotopic (exact) mass is 241 g/mol. The maximum Gasteiger partial charge on any atom is 0.304 e. The third-order valence-electron chi connectivity index (χ3n) is 3.79. The number of nitrogens with zero attached hydrogens (tertiary/aromatic N) is 1.